The number of aromatic nitrogens is 4. The van der Waals surface area contributed by atoms with Crippen LogP contribution in [0.15, 0.2) is 28.7 Å². The number of ketones is 1. The molecule has 3 aromatic heterocycles. The van der Waals surface area contributed by atoms with E-state index < -0.39 is 0 Å². The van der Waals surface area contributed by atoms with Crippen LogP contribution in [0.25, 0.3) is 0 Å². The van der Waals surface area contributed by atoms with Gasteiger partial charge in [0.2, 0.25) is 5.95 Å². The van der Waals surface area contributed by atoms with Crippen molar-refractivity contribution in [2.45, 2.75) is 70.3 Å². The van der Waals surface area contributed by atoms with Crippen molar-refractivity contribution in [2.24, 2.45) is 0 Å². The SMILES string of the molecule is Cc1cc(C(=O)CSc2nnc(N3CCCCC3)n2C[C@@H]2CCCO2)c(C)n1Cc1cccs1. The largest absolute Gasteiger partial charge is 0.376 e. The van der Waals surface area contributed by atoms with E-state index in [0.29, 0.717) is 5.75 Å². The average Bonchev–Trinajstić information content (AvgIpc) is 3.65. The van der Waals surface area contributed by atoms with E-state index in [1.165, 1.54) is 35.9 Å². The maximum atomic E-state index is 13.2. The van der Waals surface area contributed by atoms with Crippen LogP contribution < -0.4 is 4.90 Å². The molecule has 0 radical (unpaired) electrons. The van der Waals surface area contributed by atoms with Gasteiger partial charge in [-0.05, 0) is 63.5 Å². The van der Waals surface area contributed by atoms with Gasteiger partial charge in [-0.3, -0.25) is 9.36 Å². The summed E-state index contributed by atoms with van der Waals surface area (Å²) in [5.41, 5.74) is 2.96. The molecular formula is C25H33N5O2S2. The van der Waals surface area contributed by atoms with Crippen LogP contribution >= 0.6 is 23.1 Å². The zero-order valence-electron chi connectivity index (χ0n) is 20.0. The third-order valence-corrected chi connectivity index (χ3v) is 8.67. The van der Waals surface area contributed by atoms with Crippen LogP contribution in [0.4, 0.5) is 5.95 Å². The number of thiophene rings is 1. The fourth-order valence-electron chi connectivity index (χ4n) is 4.96. The molecule has 0 unspecified atom stereocenters. The minimum atomic E-state index is 0.140. The summed E-state index contributed by atoms with van der Waals surface area (Å²) in [4.78, 5) is 16.9. The second-order valence-electron chi connectivity index (χ2n) is 9.24. The quantitative estimate of drug-likeness (QED) is 0.307. The summed E-state index contributed by atoms with van der Waals surface area (Å²) in [6.45, 7) is 8.55. The number of anilines is 1. The Kier molecular flexibility index (Phi) is 7.41. The summed E-state index contributed by atoms with van der Waals surface area (Å²) < 4.78 is 10.3. The maximum Gasteiger partial charge on any atom is 0.228 e. The van der Waals surface area contributed by atoms with E-state index in [1.807, 2.05) is 13.0 Å². The van der Waals surface area contributed by atoms with E-state index in [2.05, 4.69) is 48.7 Å². The smallest absolute Gasteiger partial charge is 0.228 e. The van der Waals surface area contributed by atoms with Gasteiger partial charge in [0.1, 0.15) is 0 Å². The third-order valence-electron chi connectivity index (χ3n) is 6.85. The Morgan fingerprint density at radius 1 is 1.18 bits per heavy atom. The van der Waals surface area contributed by atoms with Crippen molar-refractivity contribution in [1.29, 1.82) is 0 Å². The molecule has 0 spiro atoms. The Hall–Kier alpha value is -2.10. The predicted molar refractivity (Wildman–Crippen MR) is 137 cm³/mol. The Balaban J connectivity index is 1.31. The monoisotopic (exact) mass is 499 g/mol. The van der Waals surface area contributed by atoms with Crippen molar-refractivity contribution in [2.75, 3.05) is 30.3 Å². The Morgan fingerprint density at radius 3 is 2.76 bits per heavy atom. The number of piperidine rings is 1. The highest BCUT2D eigenvalue weighted by Crippen LogP contribution is 2.28. The van der Waals surface area contributed by atoms with Gasteiger partial charge in [-0.2, -0.15) is 0 Å². The van der Waals surface area contributed by atoms with Gasteiger partial charge >= 0.3 is 0 Å². The Morgan fingerprint density at radius 2 is 2.03 bits per heavy atom. The summed E-state index contributed by atoms with van der Waals surface area (Å²) in [5, 5.41) is 12.0. The van der Waals surface area contributed by atoms with Gasteiger partial charge < -0.3 is 14.2 Å². The molecule has 34 heavy (non-hydrogen) atoms. The number of hydrogen-bond acceptors (Lipinski definition) is 7. The zero-order valence-corrected chi connectivity index (χ0v) is 21.7. The van der Waals surface area contributed by atoms with Crippen LogP contribution in [0.3, 0.4) is 0 Å². The maximum absolute atomic E-state index is 13.2. The van der Waals surface area contributed by atoms with Gasteiger partial charge in [0, 0.05) is 41.5 Å². The Labute approximate surface area is 209 Å². The van der Waals surface area contributed by atoms with Crippen LogP contribution in [0.2, 0.25) is 0 Å². The molecule has 1 atom stereocenters. The topological polar surface area (TPSA) is 65.2 Å². The molecule has 5 rings (SSSR count). The first-order valence-electron chi connectivity index (χ1n) is 12.2. The number of rotatable bonds is 9. The second kappa shape index (κ2) is 10.7. The molecule has 0 aromatic carbocycles. The van der Waals surface area contributed by atoms with Crippen molar-refractivity contribution in [3.05, 3.63) is 45.4 Å². The summed E-state index contributed by atoms with van der Waals surface area (Å²) in [7, 11) is 0. The first-order chi connectivity index (χ1) is 16.6. The zero-order chi connectivity index (χ0) is 23.5. The van der Waals surface area contributed by atoms with E-state index in [0.717, 1.165) is 73.7 Å². The molecule has 182 valence electrons. The fourth-order valence-corrected chi connectivity index (χ4v) is 6.48. The van der Waals surface area contributed by atoms with Gasteiger partial charge in [-0.15, -0.1) is 21.5 Å². The molecule has 2 fully saturated rings. The molecule has 0 aliphatic carbocycles. The van der Waals surface area contributed by atoms with Gasteiger partial charge in [0.25, 0.3) is 0 Å². The molecule has 7 nitrogen and oxygen atoms in total. The van der Waals surface area contributed by atoms with Gasteiger partial charge in [-0.1, -0.05) is 17.8 Å². The lowest BCUT2D eigenvalue weighted by molar-refractivity contribution is 0.0951. The third kappa shape index (κ3) is 5.11. The standard InChI is InChI=1S/C25H33N5O2S2/c1-18-14-22(19(2)29(18)16-21-9-7-13-33-21)23(31)17-34-25-27-26-24(28-10-4-3-5-11-28)30(25)15-20-8-6-12-32-20/h7,9,13-14,20H,3-6,8,10-12,15-17H2,1-2H3/t20-/m0/s1. The lowest BCUT2D eigenvalue weighted by Crippen LogP contribution is -2.33. The van der Waals surface area contributed by atoms with E-state index in [-0.39, 0.29) is 11.9 Å². The summed E-state index contributed by atoms with van der Waals surface area (Å²) in [6, 6.07) is 6.24. The number of aryl methyl sites for hydroxylation is 1. The highest BCUT2D eigenvalue weighted by Gasteiger charge is 2.25. The lowest BCUT2D eigenvalue weighted by Gasteiger charge is -2.28. The number of ether oxygens (including phenoxy) is 1. The minimum absolute atomic E-state index is 0.140. The van der Waals surface area contributed by atoms with E-state index in [9.17, 15) is 4.79 Å². The number of thioether (sulfide) groups is 1. The minimum Gasteiger partial charge on any atom is -0.376 e. The molecule has 2 aliphatic heterocycles. The molecule has 0 bridgehead atoms. The van der Waals surface area contributed by atoms with Gasteiger partial charge in [-0.25, -0.2) is 0 Å². The van der Waals surface area contributed by atoms with Crippen LogP contribution in [0.1, 0.15) is 58.7 Å². The van der Waals surface area contributed by atoms with Crippen LogP contribution in [0, 0.1) is 13.8 Å². The first kappa shape index (κ1) is 23.6. The van der Waals surface area contributed by atoms with Crippen molar-refractivity contribution in [1.82, 2.24) is 19.3 Å². The normalized spacial score (nSPS) is 18.6. The summed E-state index contributed by atoms with van der Waals surface area (Å²) >= 11 is 3.24. The number of nitrogens with zero attached hydrogens (tertiary/aromatic N) is 5. The highest BCUT2D eigenvalue weighted by molar-refractivity contribution is 7.99. The molecule has 0 amide bonds. The predicted octanol–water partition coefficient (Wildman–Crippen LogP) is 4.95. The number of hydrogen-bond donors (Lipinski definition) is 0. The Bertz CT molecular complexity index is 1110. The van der Waals surface area contributed by atoms with Crippen LogP contribution in [-0.2, 0) is 17.8 Å². The van der Waals surface area contributed by atoms with Gasteiger partial charge in [0.05, 0.1) is 24.9 Å². The second-order valence-corrected chi connectivity index (χ2v) is 11.2. The molecular weight excluding hydrogens is 466 g/mol. The van der Waals surface area contributed by atoms with Crippen LogP contribution in [0.5, 0.6) is 0 Å². The van der Waals surface area contributed by atoms with E-state index in [4.69, 9.17) is 4.74 Å². The summed E-state index contributed by atoms with van der Waals surface area (Å²) in [5.74, 6) is 1.42. The summed E-state index contributed by atoms with van der Waals surface area (Å²) in [6.07, 6.45) is 6.03. The molecule has 9 heteroatoms. The molecule has 5 heterocycles. The fraction of sp³-hybridized carbons (Fsp3) is 0.560. The van der Waals surface area contributed by atoms with Crippen LogP contribution in [-0.4, -0.2) is 56.7 Å². The molecule has 2 saturated heterocycles. The molecule has 2 aliphatic rings. The highest BCUT2D eigenvalue weighted by atomic mass is 32.2. The average molecular weight is 500 g/mol. The van der Waals surface area contributed by atoms with E-state index >= 15 is 0 Å². The van der Waals surface area contributed by atoms with E-state index in [1.54, 1.807) is 11.3 Å². The first-order valence-corrected chi connectivity index (χ1v) is 14.1. The van der Waals surface area contributed by atoms with Crippen molar-refractivity contribution in [3.63, 3.8) is 0 Å². The number of carbonyl (C=O) groups is 1. The number of carbonyl (C=O) groups excluding carboxylic acids is 1. The number of Topliss-reactive ketones (excluding diaryl/α,β-unsaturated/α-hetero) is 1. The van der Waals surface area contributed by atoms with Crippen molar-refractivity contribution >= 4 is 34.8 Å². The van der Waals surface area contributed by atoms with Crippen molar-refractivity contribution in [3.8, 4) is 0 Å². The lowest BCUT2D eigenvalue weighted by atomic mass is 10.1. The molecule has 0 saturated carbocycles. The van der Waals surface area contributed by atoms with Crippen molar-refractivity contribution < 1.29 is 9.53 Å². The van der Waals surface area contributed by atoms with Gasteiger partial charge in [0.15, 0.2) is 10.9 Å². The molecule has 3 aromatic rings. The molecule has 0 N–H and O–H groups in total.